The smallest absolute Gasteiger partial charge is 0.273 e. The van der Waals surface area contributed by atoms with Gasteiger partial charge in [-0.25, -0.2) is 0 Å². The number of pyridine rings is 1. The van der Waals surface area contributed by atoms with Gasteiger partial charge in [0.05, 0.1) is 6.54 Å². The number of aliphatic imine (C=N–C) groups is 1. The van der Waals surface area contributed by atoms with E-state index < -0.39 is 0 Å². The standard InChI is InChI=1S/C28H30N6O/c1-3-14-29-26(15-19(2)22-12-13-25(30-17-22)20-10-11-20)28(35)32-23-7-4-6-21(16-23)27-33-31-18-34(27)24-8-5-9-24/h3-4,6-7,12-13,15-18,20,24H,1,5,8-11,14H2,2H3,(H,32,35)/b19-15+,29-26?. The molecule has 1 amide bonds. The van der Waals surface area contributed by atoms with Crippen molar-refractivity contribution < 1.29 is 4.79 Å². The Balaban J connectivity index is 1.34. The van der Waals surface area contributed by atoms with E-state index in [1.54, 1.807) is 12.4 Å². The molecule has 2 saturated carbocycles. The monoisotopic (exact) mass is 466 g/mol. The molecule has 0 aliphatic heterocycles. The van der Waals surface area contributed by atoms with Crippen LogP contribution in [0.15, 0.2) is 72.6 Å². The summed E-state index contributed by atoms with van der Waals surface area (Å²) in [7, 11) is 0. The zero-order valence-corrected chi connectivity index (χ0v) is 20.0. The molecule has 5 rings (SSSR count). The van der Waals surface area contributed by atoms with E-state index in [4.69, 9.17) is 0 Å². The van der Waals surface area contributed by atoms with Gasteiger partial charge >= 0.3 is 0 Å². The molecule has 2 aliphatic carbocycles. The van der Waals surface area contributed by atoms with Crippen LogP contribution in [0.1, 0.15) is 62.2 Å². The van der Waals surface area contributed by atoms with Crippen LogP contribution in [0.5, 0.6) is 0 Å². The second-order valence-electron chi connectivity index (χ2n) is 9.27. The number of hydrogen-bond donors (Lipinski definition) is 1. The van der Waals surface area contributed by atoms with Crippen LogP contribution in [0.4, 0.5) is 5.69 Å². The molecule has 2 fully saturated rings. The van der Waals surface area contributed by atoms with Gasteiger partial charge in [0.2, 0.25) is 0 Å². The third-order valence-electron chi connectivity index (χ3n) is 6.63. The number of amides is 1. The van der Waals surface area contributed by atoms with Gasteiger partial charge < -0.3 is 9.88 Å². The third-order valence-corrected chi connectivity index (χ3v) is 6.63. The second-order valence-corrected chi connectivity index (χ2v) is 9.27. The van der Waals surface area contributed by atoms with Crippen molar-refractivity contribution in [1.82, 2.24) is 19.7 Å². The average Bonchev–Trinajstić information content (AvgIpc) is 3.59. The lowest BCUT2D eigenvalue weighted by Crippen LogP contribution is -2.22. The first kappa shape index (κ1) is 22.9. The van der Waals surface area contributed by atoms with Gasteiger partial charge in [-0.1, -0.05) is 24.3 Å². The van der Waals surface area contributed by atoms with E-state index in [1.807, 2.05) is 43.5 Å². The van der Waals surface area contributed by atoms with Gasteiger partial charge in [0.1, 0.15) is 12.0 Å². The molecule has 35 heavy (non-hydrogen) atoms. The summed E-state index contributed by atoms with van der Waals surface area (Å²) in [4.78, 5) is 22.2. The number of hydrogen-bond acceptors (Lipinski definition) is 5. The molecule has 2 aromatic heterocycles. The van der Waals surface area contributed by atoms with Crippen LogP contribution in [-0.4, -0.2) is 37.9 Å². The van der Waals surface area contributed by atoms with Crippen molar-refractivity contribution in [3.8, 4) is 11.4 Å². The van der Waals surface area contributed by atoms with Crippen molar-refractivity contribution in [2.45, 2.75) is 51.0 Å². The zero-order chi connectivity index (χ0) is 24.2. The first-order valence-electron chi connectivity index (χ1n) is 12.2. The Bertz CT molecular complexity index is 1280. The first-order chi connectivity index (χ1) is 17.1. The van der Waals surface area contributed by atoms with E-state index in [9.17, 15) is 4.79 Å². The Morgan fingerprint density at radius 3 is 2.77 bits per heavy atom. The van der Waals surface area contributed by atoms with Crippen LogP contribution in [0.2, 0.25) is 0 Å². The zero-order valence-electron chi connectivity index (χ0n) is 20.0. The summed E-state index contributed by atoms with van der Waals surface area (Å²) < 4.78 is 2.13. The van der Waals surface area contributed by atoms with Crippen molar-refractivity contribution in [2.75, 3.05) is 11.9 Å². The van der Waals surface area contributed by atoms with Crippen molar-refractivity contribution in [2.24, 2.45) is 4.99 Å². The highest BCUT2D eigenvalue weighted by Crippen LogP contribution is 2.39. The summed E-state index contributed by atoms with van der Waals surface area (Å²) in [6.07, 6.45) is 13.1. The highest BCUT2D eigenvalue weighted by Gasteiger charge is 2.25. The summed E-state index contributed by atoms with van der Waals surface area (Å²) in [6.45, 7) is 6.06. The van der Waals surface area contributed by atoms with E-state index in [0.717, 1.165) is 41.1 Å². The van der Waals surface area contributed by atoms with E-state index in [2.05, 4.69) is 48.8 Å². The van der Waals surface area contributed by atoms with Gasteiger partial charge in [0, 0.05) is 35.1 Å². The maximum Gasteiger partial charge on any atom is 0.273 e. The number of rotatable bonds is 9. The lowest BCUT2D eigenvalue weighted by atomic mass is 9.92. The minimum Gasteiger partial charge on any atom is -0.321 e. The highest BCUT2D eigenvalue weighted by molar-refractivity contribution is 6.48. The number of anilines is 1. The Labute approximate surface area is 205 Å². The molecule has 178 valence electrons. The van der Waals surface area contributed by atoms with Crippen LogP contribution < -0.4 is 5.32 Å². The topological polar surface area (TPSA) is 85.1 Å². The van der Waals surface area contributed by atoms with Crippen LogP contribution in [0.25, 0.3) is 17.0 Å². The number of allylic oxidation sites excluding steroid dienone is 1. The molecular formula is C28H30N6O. The van der Waals surface area contributed by atoms with E-state index in [0.29, 0.717) is 29.9 Å². The van der Waals surface area contributed by atoms with Crippen molar-refractivity contribution >= 4 is 22.9 Å². The first-order valence-corrected chi connectivity index (χ1v) is 12.2. The summed E-state index contributed by atoms with van der Waals surface area (Å²) in [6, 6.07) is 12.3. The van der Waals surface area contributed by atoms with Crippen molar-refractivity contribution in [3.63, 3.8) is 0 Å². The predicted molar refractivity (Wildman–Crippen MR) is 139 cm³/mol. The second kappa shape index (κ2) is 10.2. The SMILES string of the molecule is C=CCN=C(/C=C(\C)c1ccc(C2CC2)nc1)C(=O)Nc1cccc(-c2nncn2C2CCC2)c1. The maximum atomic E-state index is 13.2. The van der Waals surface area contributed by atoms with Crippen LogP contribution in [-0.2, 0) is 4.79 Å². The van der Waals surface area contributed by atoms with E-state index in [1.165, 1.54) is 19.3 Å². The normalized spacial score (nSPS) is 16.6. The maximum absolute atomic E-state index is 13.2. The molecule has 0 saturated heterocycles. The summed E-state index contributed by atoms with van der Waals surface area (Å²) >= 11 is 0. The molecule has 0 spiro atoms. The fourth-order valence-corrected chi connectivity index (χ4v) is 4.21. The molecule has 2 heterocycles. The molecule has 0 atom stereocenters. The predicted octanol–water partition coefficient (Wildman–Crippen LogP) is 5.61. The van der Waals surface area contributed by atoms with Crippen LogP contribution in [0, 0.1) is 0 Å². The van der Waals surface area contributed by atoms with Gasteiger partial charge in [-0.3, -0.25) is 14.8 Å². The number of aromatic nitrogens is 4. The minimum atomic E-state index is -0.272. The fraction of sp³-hybridized carbons (Fsp3) is 0.321. The molecule has 3 aromatic rings. The Morgan fingerprint density at radius 2 is 2.09 bits per heavy atom. The largest absolute Gasteiger partial charge is 0.321 e. The number of carbonyl (C=O) groups excluding carboxylic acids is 1. The van der Waals surface area contributed by atoms with E-state index in [-0.39, 0.29) is 5.91 Å². The Hall–Kier alpha value is -3.87. The number of nitrogens with zero attached hydrogens (tertiary/aromatic N) is 5. The highest BCUT2D eigenvalue weighted by atomic mass is 16.1. The lowest BCUT2D eigenvalue weighted by Gasteiger charge is -2.27. The molecule has 7 nitrogen and oxygen atoms in total. The molecule has 7 heteroatoms. The van der Waals surface area contributed by atoms with E-state index >= 15 is 0 Å². The number of benzene rings is 1. The molecule has 2 aliphatic rings. The molecule has 1 N–H and O–H groups in total. The summed E-state index contributed by atoms with van der Waals surface area (Å²) in [5.74, 6) is 1.16. The molecule has 1 aromatic carbocycles. The molecule has 0 bridgehead atoms. The fourth-order valence-electron chi connectivity index (χ4n) is 4.21. The van der Waals surface area contributed by atoms with Gasteiger partial charge in [-0.2, -0.15) is 0 Å². The number of carbonyl (C=O) groups is 1. The van der Waals surface area contributed by atoms with Gasteiger partial charge in [0.25, 0.3) is 5.91 Å². The summed E-state index contributed by atoms with van der Waals surface area (Å²) in [5.41, 5.74) is 5.00. The van der Waals surface area contributed by atoms with Gasteiger partial charge in [0.15, 0.2) is 5.82 Å². The Kier molecular flexibility index (Phi) is 6.66. The molecular weight excluding hydrogens is 436 g/mol. The third kappa shape index (κ3) is 5.29. The average molecular weight is 467 g/mol. The number of nitrogens with one attached hydrogen (secondary N) is 1. The Morgan fingerprint density at radius 1 is 1.23 bits per heavy atom. The van der Waals surface area contributed by atoms with Crippen LogP contribution >= 0.6 is 0 Å². The van der Waals surface area contributed by atoms with Crippen molar-refractivity contribution in [1.29, 1.82) is 0 Å². The minimum absolute atomic E-state index is 0.272. The van der Waals surface area contributed by atoms with Gasteiger partial charge in [-0.05, 0) is 74.4 Å². The van der Waals surface area contributed by atoms with Crippen LogP contribution in [0.3, 0.4) is 0 Å². The van der Waals surface area contributed by atoms with Gasteiger partial charge in [-0.15, -0.1) is 16.8 Å². The lowest BCUT2D eigenvalue weighted by molar-refractivity contribution is -0.110. The summed E-state index contributed by atoms with van der Waals surface area (Å²) in [5, 5.41) is 11.4. The van der Waals surface area contributed by atoms with Crippen molar-refractivity contribution in [3.05, 3.63) is 78.9 Å². The molecule has 0 radical (unpaired) electrons. The molecule has 0 unspecified atom stereocenters. The quantitative estimate of drug-likeness (QED) is 0.328.